The quantitative estimate of drug-likeness (QED) is 0.131. The van der Waals surface area contributed by atoms with Gasteiger partial charge in [0.15, 0.2) is 0 Å². The van der Waals surface area contributed by atoms with Gasteiger partial charge in [0.2, 0.25) is 0 Å². The number of rotatable bonds is 12. The van der Waals surface area contributed by atoms with Crippen molar-refractivity contribution in [1.82, 2.24) is 0 Å². The molecular weight excluding hydrogens is 621 g/mol. The van der Waals surface area contributed by atoms with E-state index < -0.39 is 5.41 Å². The summed E-state index contributed by atoms with van der Waals surface area (Å²) < 4.78 is 13.0. The molecule has 0 saturated heterocycles. The lowest BCUT2D eigenvalue weighted by molar-refractivity contribution is 0.0803. The summed E-state index contributed by atoms with van der Waals surface area (Å²) in [7, 11) is 0. The number of hydrogen-bond acceptors (Lipinski definition) is 2. The highest BCUT2D eigenvalue weighted by atomic mass is 16.5. The molecule has 7 rings (SSSR count). The largest absolute Gasteiger partial charge is 0.488 e. The highest BCUT2D eigenvalue weighted by Crippen LogP contribution is 2.56. The minimum Gasteiger partial charge on any atom is -0.488 e. The van der Waals surface area contributed by atoms with E-state index in [1.807, 2.05) is 0 Å². The molecule has 2 unspecified atom stereocenters. The van der Waals surface area contributed by atoms with Gasteiger partial charge in [-0.3, -0.25) is 0 Å². The zero-order valence-corrected chi connectivity index (χ0v) is 31.4. The van der Waals surface area contributed by atoms with E-state index in [4.69, 9.17) is 9.47 Å². The van der Waals surface area contributed by atoms with E-state index in [-0.39, 0.29) is 5.60 Å². The van der Waals surface area contributed by atoms with Gasteiger partial charge in [-0.1, -0.05) is 145 Å². The fraction of sp³-hybridized carbons (Fsp3) is 0.347. The summed E-state index contributed by atoms with van der Waals surface area (Å²) in [5, 5.41) is 0. The molecule has 0 aromatic heterocycles. The fourth-order valence-electron chi connectivity index (χ4n) is 8.51. The second kappa shape index (κ2) is 14.2. The molecule has 0 radical (unpaired) electrons. The fourth-order valence-corrected chi connectivity index (χ4v) is 8.51. The third kappa shape index (κ3) is 6.32. The summed E-state index contributed by atoms with van der Waals surface area (Å²) in [6.45, 7) is 13.7. The average molecular weight is 675 g/mol. The lowest BCUT2D eigenvalue weighted by Gasteiger charge is -2.36. The molecule has 2 atom stereocenters. The standard InChI is InChI=1S/C49H54O2/c1-7-47(5,8-2)37-23-19-35(20-24-37)36-21-29-40(30-22-36)50-41-31-25-38(26-32-41)49(39-27-33-42(34-28-39)51-48(6,9-3)10-4)45-17-13-11-15-43(45)44-16-12-14-18-46(44)49/h11-21,23,25-34,36-37H,7-10,22,24H2,1-6H3. The van der Waals surface area contributed by atoms with Crippen molar-refractivity contribution in [2.24, 2.45) is 17.3 Å². The maximum atomic E-state index is 6.52. The summed E-state index contributed by atoms with van der Waals surface area (Å²) in [5.41, 5.74) is 8.80. The Morgan fingerprint density at radius 2 is 1.18 bits per heavy atom. The van der Waals surface area contributed by atoms with Crippen LogP contribution in [0.1, 0.15) is 102 Å². The highest BCUT2D eigenvalue weighted by Gasteiger charge is 2.46. The molecule has 51 heavy (non-hydrogen) atoms. The number of benzene rings is 4. The number of allylic oxidation sites excluding steroid dienone is 7. The van der Waals surface area contributed by atoms with Crippen molar-refractivity contribution in [3.8, 4) is 22.6 Å². The molecule has 3 aliphatic carbocycles. The summed E-state index contributed by atoms with van der Waals surface area (Å²) in [5.74, 6) is 3.71. The Morgan fingerprint density at radius 3 is 1.67 bits per heavy atom. The van der Waals surface area contributed by atoms with Crippen LogP contribution < -0.4 is 9.47 Å². The van der Waals surface area contributed by atoms with Crippen molar-refractivity contribution in [2.45, 2.75) is 91.1 Å². The molecule has 262 valence electrons. The van der Waals surface area contributed by atoms with E-state index in [9.17, 15) is 0 Å². The van der Waals surface area contributed by atoms with E-state index >= 15 is 0 Å². The SMILES string of the molecule is CCC(C)(CC)Oc1ccc(C2(c3ccc(OC4=CCC(C5=CCC(C(C)(CC)CC)C=C5)C=C4)cc3)c3ccccc3-c3ccccc32)cc1. The van der Waals surface area contributed by atoms with E-state index in [1.54, 1.807) is 0 Å². The molecule has 0 heterocycles. The molecule has 0 spiro atoms. The molecule has 2 heteroatoms. The van der Waals surface area contributed by atoms with Crippen LogP contribution in [0.4, 0.5) is 0 Å². The van der Waals surface area contributed by atoms with Crippen molar-refractivity contribution in [3.63, 3.8) is 0 Å². The van der Waals surface area contributed by atoms with Crippen LogP contribution in [0.5, 0.6) is 11.5 Å². The van der Waals surface area contributed by atoms with Gasteiger partial charge in [-0.2, -0.15) is 0 Å². The van der Waals surface area contributed by atoms with E-state index in [0.29, 0.717) is 17.3 Å². The van der Waals surface area contributed by atoms with Gasteiger partial charge in [0, 0.05) is 5.92 Å². The van der Waals surface area contributed by atoms with Crippen molar-refractivity contribution in [2.75, 3.05) is 0 Å². The minimum atomic E-state index is -0.466. The zero-order valence-electron chi connectivity index (χ0n) is 31.4. The first-order valence-corrected chi connectivity index (χ1v) is 19.3. The van der Waals surface area contributed by atoms with Crippen molar-refractivity contribution < 1.29 is 9.47 Å². The van der Waals surface area contributed by atoms with E-state index in [0.717, 1.165) is 42.9 Å². The van der Waals surface area contributed by atoms with Crippen LogP contribution in [-0.2, 0) is 5.41 Å². The van der Waals surface area contributed by atoms with Crippen LogP contribution in [0, 0.1) is 17.3 Å². The Hall–Kier alpha value is -4.56. The summed E-state index contributed by atoms with van der Waals surface area (Å²) in [6.07, 6.45) is 20.5. The lowest BCUT2D eigenvalue weighted by Crippen LogP contribution is -2.31. The summed E-state index contributed by atoms with van der Waals surface area (Å²) in [4.78, 5) is 0. The van der Waals surface area contributed by atoms with Crippen LogP contribution >= 0.6 is 0 Å². The topological polar surface area (TPSA) is 18.5 Å². The first-order valence-electron chi connectivity index (χ1n) is 19.3. The van der Waals surface area contributed by atoms with Crippen molar-refractivity contribution >= 4 is 0 Å². The maximum Gasteiger partial charge on any atom is 0.127 e. The van der Waals surface area contributed by atoms with Crippen molar-refractivity contribution in [3.05, 3.63) is 167 Å². The predicted octanol–water partition coefficient (Wildman–Crippen LogP) is 13.2. The maximum absolute atomic E-state index is 6.52. The molecule has 0 saturated carbocycles. The molecule has 4 aromatic rings. The zero-order chi connectivity index (χ0) is 35.6. The Bertz CT molecular complexity index is 1920. The molecule has 2 nitrogen and oxygen atoms in total. The Kier molecular flexibility index (Phi) is 9.72. The third-order valence-corrected chi connectivity index (χ3v) is 12.8. The van der Waals surface area contributed by atoms with E-state index in [2.05, 4.69) is 175 Å². The normalized spacial score (nSPS) is 19.2. The monoisotopic (exact) mass is 674 g/mol. The van der Waals surface area contributed by atoms with Gasteiger partial charge in [-0.05, 0) is 119 Å². The Morgan fingerprint density at radius 1 is 0.608 bits per heavy atom. The molecule has 0 aliphatic heterocycles. The smallest absolute Gasteiger partial charge is 0.127 e. The molecule has 0 bridgehead atoms. The first-order chi connectivity index (χ1) is 24.8. The third-order valence-electron chi connectivity index (χ3n) is 12.8. The van der Waals surface area contributed by atoms with Crippen molar-refractivity contribution in [1.29, 1.82) is 0 Å². The first kappa shape index (κ1) is 34.9. The van der Waals surface area contributed by atoms with Gasteiger partial charge < -0.3 is 9.47 Å². The highest BCUT2D eigenvalue weighted by molar-refractivity contribution is 5.86. The summed E-state index contributed by atoms with van der Waals surface area (Å²) in [6, 6.07) is 35.4. The van der Waals surface area contributed by atoms with Gasteiger partial charge in [-0.15, -0.1) is 0 Å². The second-order valence-electron chi connectivity index (χ2n) is 15.3. The van der Waals surface area contributed by atoms with Crippen LogP contribution in [0.15, 0.2) is 145 Å². The molecular formula is C49H54O2. The molecule has 4 aromatic carbocycles. The number of ether oxygens (including phenoxy) is 2. The average Bonchev–Trinajstić information content (AvgIpc) is 3.49. The van der Waals surface area contributed by atoms with Gasteiger partial charge in [0.25, 0.3) is 0 Å². The second-order valence-corrected chi connectivity index (χ2v) is 15.3. The molecule has 3 aliphatic rings. The van der Waals surface area contributed by atoms with Gasteiger partial charge >= 0.3 is 0 Å². The number of fused-ring (bicyclic) bond motifs is 3. The predicted molar refractivity (Wildman–Crippen MR) is 213 cm³/mol. The van der Waals surface area contributed by atoms with E-state index in [1.165, 1.54) is 51.8 Å². The lowest BCUT2D eigenvalue weighted by atomic mass is 9.68. The molecule has 0 amide bonds. The Labute approximate surface area is 306 Å². The van der Waals surface area contributed by atoms with Crippen LogP contribution in [-0.4, -0.2) is 5.60 Å². The van der Waals surface area contributed by atoms with Crippen LogP contribution in [0.25, 0.3) is 11.1 Å². The number of hydrogen-bond donors (Lipinski definition) is 0. The summed E-state index contributed by atoms with van der Waals surface area (Å²) >= 11 is 0. The van der Waals surface area contributed by atoms with Gasteiger partial charge in [-0.25, -0.2) is 0 Å². The van der Waals surface area contributed by atoms with Crippen LogP contribution in [0.2, 0.25) is 0 Å². The van der Waals surface area contributed by atoms with Gasteiger partial charge in [0.05, 0.1) is 5.41 Å². The van der Waals surface area contributed by atoms with Gasteiger partial charge in [0.1, 0.15) is 22.9 Å². The molecule has 0 N–H and O–H groups in total. The molecule has 0 fully saturated rings. The minimum absolute atomic E-state index is 0.176. The Balaban J connectivity index is 1.15. The van der Waals surface area contributed by atoms with Crippen LogP contribution in [0.3, 0.4) is 0 Å².